The van der Waals surface area contributed by atoms with Gasteiger partial charge in [0.05, 0.1) is 5.75 Å². The number of rotatable bonds is 6. The first-order valence-corrected chi connectivity index (χ1v) is 7.79. The summed E-state index contributed by atoms with van der Waals surface area (Å²) < 4.78 is 25.6. The van der Waals surface area contributed by atoms with Crippen LogP contribution < -0.4 is 5.73 Å². The van der Waals surface area contributed by atoms with Gasteiger partial charge in [0.2, 0.25) is 10.0 Å². The van der Waals surface area contributed by atoms with E-state index >= 15 is 0 Å². The Morgan fingerprint density at radius 1 is 1.22 bits per heavy atom. The molecule has 0 amide bonds. The number of thiocarbonyl (C=S) groups is 1. The van der Waals surface area contributed by atoms with Crippen LogP contribution in [0.3, 0.4) is 0 Å². The molecule has 0 spiro atoms. The van der Waals surface area contributed by atoms with Crippen molar-refractivity contribution in [3.05, 3.63) is 35.4 Å². The second-order valence-corrected chi connectivity index (χ2v) is 6.31. The van der Waals surface area contributed by atoms with Crippen LogP contribution in [0.4, 0.5) is 0 Å². The number of nitrogens with two attached hydrogens (primary N) is 1. The average Bonchev–Trinajstić information content (AvgIpc) is 2.30. The first kappa shape index (κ1) is 15.1. The predicted molar refractivity (Wildman–Crippen MR) is 77.9 cm³/mol. The van der Waals surface area contributed by atoms with Crippen LogP contribution in [0.2, 0.25) is 0 Å². The van der Waals surface area contributed by atoms with E-state index < -0.39 is 10.0 Å². The Morgan fingerprint density at radius 3 is 2.11 bits per heavy atom. The predicted octanol–water partition coefficient (Wildman–Crippen LogP) is 1.49. The Labute approximate surface area is 114 Å². The maximum atomic E-state index is 12.1. The van der Waals surface area contributed by atoms with Gasteiger partial charge in [-0.15, -0.1) is 0 Å². The number of sulfonamides is 1. The van der Waals surface area contributed by atoms with Crippen LogP contribution in [0.1, 0.15) is 25.0 Å². The molecule has 4 nitrogen and oxygen atoms in total. The third-order valence-electron chi connectivity index (χ3n) is 2.69. The lowest BCUT2D eigenvalue weighted by molar-refractivity contribution is 0.444. The fourth-order valence-corrected chi connectivity index (χ4v) is 3.40. The van der Waals surface area contributed by atoms with Gasteiger partial charge in [-0.2, -0.15) is 0 Å². The first-order valence-electron chi connectivity index (χ1n) is 5.77. The smallest absolute Gasteiger partial charge is 0.218 e. The minimum absolute atomic E-state index is 0.00624. The van der Waals surface area contributed by atoms with Gasteiger partial charge >= 0.3 is 0 Å². The molecule has 0 atom stereocenters. The Balaban J connectivity index is 2.88. The molecule has 0 unspecified atom stereocenters. The molecule has 0 aliphatic carbocycles. The third kappa shape index (κ3) is 3.76. The molecule has 100 valence electrons. The molecule has 0 aromatic heterocycles. The van der Waals surface area contributed by atoms with Crippen molar-refractivity contribution in [1.82, 2.24) is 4.31 Å². The molecule has 0 bridgehead atoms. The maximum Gasteiger partial charge on any atom is 0.218 e. The second-order valence-electron chi connectivity index (χ2n) is 3.90. The van der Waals surface area contributed by atoms with E-state index in [0.29, 0.717) is 18.1 Å². The minimum atomic E-state index is -3.24. The highest BCUT2D eigenvalue weighted by Gasteiger charge is 2.19. The minimum Gasteiger partial charge on any atom is -0.389 e. The van der Waals surface area contributed by atoms with E-state index in [4.69, 9.17) is 18.0 Å². The van der Waals surface area contributed by atoms with Crippen molar-refractivity contribution in [2.45, 2.75) is 19.6 Å². The van der Waals surface area contributed by atoms with Crippen molar-refractivity contribution >= 4 is 27.2 Å². The molecule has 0 radical (unpaired) electrons. The largest absolute Gasteiger partial charge is 0.389 e. The highest BCUT2D eigenvalue weighted by atomic mass is 32.2. The molecular formula is C12H18N2O2S2. The summed E-state index contributed by atoms with van der Waals surface area (Å²) in [4.78, 5) is 0.313. The standard InChI is InChI=1S/C12H18N2O2S2/c1-3-14(4-2)18(15,16)9-10-5-7-11(8-6-10)12(13)17/h5-8H,3-4,9H2,1-2H3,(H2,13,17). The SMILES string of the molecule is CCN(CC)S(=O)(=O)Cc1ccc(C(N)=S)cc1. The fourth-order valence-electron chi connectivity index (χ4n) is 1.68. The van der Waals surface area contributed by atoms with Gasteiger partial charge < -0.3 is 5.73 Å². The van der Waals surface area contributed by atoms with Crippen molar-refractivity contribution in [2.75, 3.05) is 13.1 Å². The Kier molecular flexibility index (Phi) is 5.25. The van der Waals surface area contributed by atoms with E-state index in [1.54, 1.807) is 24.3 Å². The molecule has 2 N–H and O–H groups in total. The van der Waals surface area contributed by atoms with E-state index in [9.17, 15) is 8.42 Å². The molecule has 1 aromatic carbocycles. The van der Waals surface area contributed by atoms with Crippen LogP contribution in [0.15, 0.2) is 24.3 Å². The van der Waals surface area contributed by atoms with Crippen LogP contribution in [0, 0.1) is 0 Å². The zero-order valence-electron chi connectivity index (χ0n) is 10.6. The molecule has 0 aliphatic rings. The quantitative estimate of drug-likeness (QED) is 0.805. The summed E-state index contributed by atoms with van der Waals surface area (Å²) in [6.07, 6.45) is 0. The number of hydrogen-bond acceptors (Lipinski definition) is 3. The van der Waals surface area contributed by atoms with Crippen LogP contribution in [-0.4, -0.2) is 30.8 Å². The molecule has 6 heteroatoms. The van der Waals surface area contributed by atoms with Crippen LogP contribution in [0.5, 0.6) is 0 Å². The van der Waals surface area contributed by atoms with Crippen molar-refractivity contribution in [2.24, 2.45) is 5.73 Å². The maximum absolute atomic E-state index is 12.1. The van der Waals surface area contributed by atoms with E-state index in [1.165, 1.54) is 4.31 Å². The Bertz CT molecular complexity index is 505. The first-order chi connectivity index (χ1) is 8.40. The molecular weight excluding hydrogens is 268 g/mol. The van der Waals surface area contributed by atoms with Gasteiger partial charge in [-0.1, -0.05) is 50.3 Å². The van der Waals surface area contributed by atoms with Gasteiger partial charge in [-0.3, -0.25) is 0 Å². The van der Waals surface area contributed by atoms with E-state index in [1.807, 2.05) is 13.8 Å². The monoisotopic (exact) mass is 286 g/mol. The lowest BCUT2D eigenvalue weighted by Crippen LogP contribution is -2.31. The Hall–Kier alpha value is -0.980. The summed E-state index contributed by atoms with van der Waals surface area (Å²) in [5, 5.41) is 0. The third-order valence-corrected chi connectivity index (χ3v) is 4.92. The van der Waals surface area contributed by atoms with Crippen LogP contribution in [-0.2, 0) is 15.8 Å². The Morgan fingerprint density at radius 2 is 1.72 bits per heavy atom. The molecule has 18 heavy (non-hydrogen) atoms. The van der Waals surface area contributed by atoms with Gasteiger partial charge in [-0.05, 0) is 5.56 Å². The summed E-state index contributed by atoms with van der Waals surface area (Å²) in [5.41, 5.74) is 6.97. The van der Waals surface area contributed by atoms with Crippen molar-refractivity contribution in [3.63, 3.8) is 0 Å². The van der Waals surface area contributed by atoms with Gasteiger partial charge in [0.25, 0.3) is 0 Å². The summed E-state index contributed by atoms with van der Waals surface area (Å²) in [7, 11) is -3.24. The van der Waals surface area contributed by atoms with Crippen molar-refractivity contribution in [3.8, 4) is 0 Å². The van der Waals surface area contributed by atoms with Gasteiger partial charge in [0.1, 0.15) is 4.99 Å². The average molecular weight is 286 g/mol. The zero-order chi connectivity index (χ0) is 13.8. The van der Waals surface area contributed by atoms with E-state index in [0.717, 1.165) is 11.1 Å². The number of nitrogens with zero attached hydrogens (tertiary/aromatic N) is 1. The molecule has 0 fully saturated rings. The summed E-state index contributed by atoms with van der Waals surface area (Å²) in [6, 6.07) is 6.98. The molecule has 1 aromatic rings. The van der Waals surface area contributed by atoms with E-state index in [2.05, 4.69) is 0 Å². The highest BCUT2D eigenvalue weighted by Crippen LogP contribution is 2.12. The van der Waals surface area contributed by atoms with Gasteiger partial charge in [-0.25, -0.2) is 12.7 Å². The van der Waals surface area contributed by atoms with E-state index in [-0.39, 0.29) is 5.75 Å². The summed E-state index contributed by atoms with van der Waals surface area (Å²) >= 11 is 4.85. The van der Waals surface area contributed by atoms with Crippen molar-refractivity contribution in [1.29, 1.82) is 0 Å². The molecule has 0 saturated heterocycles. The van der Waals surface area contributed by atoms with Gasteiger partial charge in [0.15, 0.2) is 0 Å². The lowest BCUT2D eigenvalue weighted by atomic mass is 10.1. The lowest BCUT2D eigenvalue weighted by Gasteiger charge is -2.18. The topological polar surface area (TPSA) is 63.4 Å². The zero-order valence-corrected chi connectivity index (χ0v) is 12.2. The van der Waals surface area contributed by atoms with Crippen LogP contribution in [0.25, 0.3) is 0 Å². The molecule has 1 rings (SSSR count). The molecule has 0 saturated carbocycles. The normalized spacial score (nSPS) is 11.7. The summed E-state index contributed by atoms with van der Waals surface area (Å²) in [6.45, 7) is 4.64. The fraction of sp³-hybridized carbons (Fsp3) is 0.417. The number of hydrogen-bond donors (Lipinski definition) is 1. The molecule has 0 heterocycles. The number of benzene rings is 1. The summed E-state index contributed by atoms with van der Waals surface area (Å²) in [5.74, 6) is 0.00624. The van der Waals surface area contributed by atoms with Gasteiger partial charge in [0, 0.05) is 18.7 Å². The van der Waals surface area contributed by atoms with Crippen LogP contribution >= 0.6 is 12.2 Å². The second kappa shape index (κ2) is 6.26. The van der Waals surface area contributed by atoms with Crippen molar-refractivity contribution < 1.29 is 8.42 Å². The highest BCUT2D eigenvalue weighted by molar-refractivity contribution is 7.88. The molecule has 0 aliphatic heterocycles.